The van der Waals surface area contributed by atoms with Crippen molar-refractivity contribution in [1.29, 1.82) is 0 Å². The highest BCUT2D eigenvalue weighted by molar-refractivity contribution is 7.18. The Kier molecular flexibility index (Phi) is 12.0. The molecule has 0 fully saturated rings. The number of rotatable bonds is 13. The summed E-state index contributed by atoms with van der Waals surface area (Å²) < 4.78 is 0. The van der Waals surface area contributed by atoms with E-state index in [4.69, 9.17) is 0 Å². The second kappa shape index (κ2) is 19.4. The van der Waals surface area contributed by atoms with Crippen LogP contribution in [0.15, 0.2) is 285 Å². The third-order valence-corrected chi connectivity index (χ3v) is 13.5. The maximum atomic E-state index is 2.35. The van der Waals surface area contributed by atoms with Gasteiger partial charge in [-0.2, -0.15) is 0 Å². The summed E-state index contributed by atoms with van der Waals surface area (Å²) in [5.74, 6) is 0. The lowest BCUT2D eigenvalue weighted by atomic mass is 10.0. The molecule has 0 spiro atoms. The van der Waals surface area contributed by atoms with Gasteiger partial charge in [0.1, 0.15) is 0 Å². The van der Waals surface area contributed by atoms with Crippen LogP contribution in [0, 0.1) is 0 Å². The van der Waals surface area contributed by atoms with Gasteiger partial charge in [-0.15, -0.1) is 11.3 Å². The minimum absolute atomic E-state index is 1.08. The Morgan fingerprint density at radius 2 is 0.353 bits per heavy atom. The van der Waals surface area contributed by atoms with Crippen molar-refractivity contribution in [2.45, 2.75) is 0 Å². The first-order valence-electron chi connectivity index (χ1n) is 23.0. The maximum absolute atomic E-state index is 2.35. The molecule has 0 aliphatic heterocycles. The standard InChI is InChI=1S/C64H47N3S/c1-6-16-52(17-7-1)63-46-47-64(68-63)53-34-44-62(45-35-53)67(60-40-30-50(31-41-60)48-26-36-58(37-27-48)65(54-18-8-2-9-19-54)55-20-10-3-11-21-55)61-42-32-51(33-43-61)49-28-38-59(39-29-49)66(56-22-12-4-13-23-56)57-24-14-5-15-25-57/h1-47H. The van der Waals surface area contributed by atoms with Crippen LogP contribution in [0.1, 0.15) is 0 Å². The molecule has 10 aromatic carbocycles. The summed E-state index contributed by atoms with van der Waals surface area (Å²) in [6.07, 6.45) is 0. The summed E-state index contributed by atoms with van der Waals surface area (Å²) in [6, 6.07) is 102. The molecule has 0 atom stereocenters. The zero-order chi connectivity index (χ0) is 45.5. The van der Waals surface area contributed by atoms with Crippen molar-refractivity contribution in [2.75, 3.05) is 14.7 Å². The normalized spacial score (nSPS) is 10.9. The molecule has 0 amide bonds. The van der Waals surface area contributed by atoms with Crippen LogP contribution < -0.4 is 14.7 Å². The Hall–Kier alpha value is -8.70. The van der Waals surface area contributed by atoms with Crippen LogP contribution in [0.25, 0.3) is 43.1 Å². The Bertz CT molecular complexity index is 3070. The fourth-order valence-corrected chi connectivity index (χ4v) is 9.90. The van der Waals surface area contributed by atoms with E-state index < -0.39 is 0 Å². The summed E-state index contributed by atoms with van der Waals surface area (Å²) in [6.45, 7) is 0. The zero-order valence-electron chi connectivity index (χ0n) is 37.4. The lowest BCUT2D eigenvalue weighted by Gasteiger charge is -2.26. The number of hydrogen-bond donors (Lipinski definition) is 0. The molecule has 0 bridgehead atoms. The molecule has 0 radical (unpaired) electrons. The number of hydrogen-bond acceptors (Lipinski definition) is 4. The molecule has 0 saturated heterocycles. The Balaban J connectivity index is 0.896. The van der Waals surface area contributed by atoms with Crippen LogP contribution in [0.2, 0.25) is 0 Å². The molecule has 11 rings (SSSR count). The average Bonchev–Trinajstić information content (AvgIpc) is 3.92. The van der Waals surface area contributed by atoms with Crippen LogP contribution in [0.4, 0.5) is 51.2 Å². The fraction of sp³-hybridized carbons (Fsp3) is 0. The van der Waals surface area contributed by atoms with Crippen molar-refractivity contribution >= 4 is 62.5 Å². The number of nitrogens with zero attached hydrogens (tertiary/aromatic N) is 3. The van der Waals surface area contributed by atoms with E-state index in [1.807, 2.05) is 11.3 Å². The van der Waals surface area contributed by atoms with Gasteiger partial charge >= 0.3 is 0 Å². The molecular weight excluding hydrogens is 843 g/mol. The smallest absolute Gasteiger partial charge is 0.0462 e. The predicted octanol–water partition coefficient (Wildman–Crippen LogP) is 18.8. The molecule has 0 saturated carbocycles. The molecule has 4 heteroatoms. The van der Waals surface area contributed by atoms with E-state index in [1.165, 1.54) is 20.9 Å². The van der Waals surface area contributed by atoms with Crippen LogP contribution in [0.3, 0.4) is 0 Å². The van der Waals surface area contributed by atoms with Crippen molar-refractivity contribution in [3.8, 4) is 43.1 Å². The quantitative estimate of drug-likeness (QED) is 0.114. The van der Waals surface area contributed by atoms with Crippen LogP contribution >= 0.6 is 11.3 Å². The highest BCUT2D eigenvalue weighted by atomic mass is 32.1. The first-order chi connectivity index (χ1) is 33.7. The molecule has 11 aromatic rings. The molecule has 0 aliphatic carbocycles. The Morgan fingerprint density at radius 3 is 0.603 bits per heavy atom. The molecule has 1 heterocycles. The SMILES string of the molecule is c1ccc(-c2ccc(-c3ccc(N(c4ccc(-c5ccc(N(c6ccccc6)c6ccccc6)cc5)cc4)c4ccc(-c5ccc(N(c6ccccc6)c6ccccc6)cc5)cc4)cc3)s2)cc1. The number of anilines is 9. The van der Waals surface area contributed by atoms with Gasteiger partial charge in [0, 0.05) is 60.9 Å². The van der Waals surface area contributed by atoms with Crippen molar-refractivity contribution < 1.29 is 0 Å². The van der Waals surface area contributed by atoms with Gasteiger partial charge < -0.3 is 14.7 Å². The van der Waals surface area contributed by atoms with E-state index >= 15 is 0 Å². The first-order valence-corrected chi connectivity index (χ1v) is 23.8. The van der Waals surface area contributed by atoms with Gasteiger partial charge in [-0.1, -0.05) is 164 Å². The Labute approximate surface area is 403 Å². The van der Waals surface area contributed by atoms with Crippen molar-refractivity contribution in [1.82, 2.24) is 0 Å². The van der Waals surface area contributed by atoms with Crippen molar-refractivity contribution in [3.63, 3.8) is 0 Å². The van der Waals surface area contributed by atoms with E-state index in [0.29, 0.717) is 0 Å². The third kappa shape index (κ3) is 8.97. The highest BCUT2D eigenvalue weighted by Crippen LogP contribution is 2.41. The maximum Gasteiger partial charge on any atom is 0.0462 e. The van der Waals surface area contributed by atoms with Crippen LogP contribution in [-0.2, 0) is 0 Å². The second-order valence-electron chi connectivity index (χ2n) is 16.6. The van der Waals surface area contributed by atoms with Gasteiger partial charge in [-0.25, -0.2) is 0 Å². The molecular formula is C64H47N3S. The third-order valence-electron chi connectivity index (χ3n) is 12.3. The summed E-state index contributed by atoms with van der Waals surface area (Å²) >= 11 is 1.83. The lowest BCUT2D eigenvalue weighted by molar-refractivity contribution is 1.28. The summed E-state index contributed by atoms with van der Waals surface area (Å²) in [7, 11) is 0. The van der Waals surface area contributed by atoms with Gasteiger partial charge in [0.15, 0.2) is 0 Å². The minimum atomic E-state index is 1.08. The molecule has 324 valence electrons. The van der Waals surface area contributed by atoms with E-state index in [0.717, 1.165) is 73.4 Å². The molecule has 68 heavy (non-hydrogen) atoms. The fourth-order valence-electron chi connectivity index (χ4n) is 8.89. The van der Waals surface area contributed by atoms with Gasteiger partial charge in [-0.3, -0.25) is 0 Å². The number of para-hydroxylation sites is 4. The zero-order valence-corrected chi connectivity index (χ0v) is 38.2. The van der Waals surface area contributed by atoms with Gasteiger partial charge in [0.25, 0.3) is 0 Å². The molecule has 0 aliphatic rings. The first kappa shape index (κ1) is 42.0. The van der Waals surface area contributed by atoms with Gasteiger partial charge in [0.05, 0.1) is 0 Å². The van der Waals surface area contributed by atoms with Crippen molar-refractivity contribution in [2.24, 2.45) is 0 Å². The van der Waals surface area contributed by atoms with Gasteiger partial charge in [0.2, 0.25) is 0 Å². The monoisotopic (exact) mass is 889 g/mol. The van der Waals surface area contributed by atoms with E-state index in [1.54, 1.807) is 0 Å². The highest BCUT2D eigenvalue weighted by Gasteiger charge is 2.17. The summed E-state index contributed by atoms with van der Waals surface area (Å²) in [5, 5.41) is 0. The summed E-state index contributed by atoms with van der Waals surface area (Å²) in [4.78, 5) is 9.46. The van der Waals surface area contributed by atoms with Crippen LogP contribution in [0.5, 0.6) is 0 Å². The molecule has 0 N–H and O–H groups in total. The average molecular weight is 890 g/mol. The van der Waals surface area contributed by atoms with E-state index in [-0.39, 0.29) is 0 Å². The molecule has 0 unspecified atom stereocenters. The lowest BCUT2D eigenvalue weighted by Crippen LogP contribution is -2.10. The van der Waals surface area contributed by atoms with E-state index in [2.05, 4.69) is 300 Å². The predicted molar refractivity (Wildman–Crippen MR) is 290 cm³/mol. The van der Waals surface area contributed by atoms with Crippen LogP contribution in [-0.4, -0.2) is 0 Å². The molecule has 1 aromatic heterocycles. The topological polar surface area (TPSA) is 9.72 Å². The Morgan fingerprint density at radius 1 is 0.162 bits per heavy atom. The largest absolute Gasteiger partial charge is 0.311 e. The molecule has 3 nitrogen and oxygen atoms in total. The number of benzene rings is 10. The summed E-state index contributed by atoms with van der Waals surface area (Å²) in [5.41, 5.74) is 17.0. The van der Waals surface area contributed by atoms with Gasteiger partial charge in [-0.05, 0) is 155 Å². The van der Waals surface area contributed by atoms with Crippen molar-refractivity contribution in [3.05, 3.63) is 285 Å². The number of thiophene rings is 1. The minimum Gasteiger partial charge on any atom is -0.311 e. The van der Waals surface area contributed by atoms with E-state index in [9.17, 15) is 0 Å². The second-order valence-corrected chi connectivity index (χ2v) is 17.7.